The van der Waals surface area contributed by atoms with Crippen LogP contribution in [0.25, 0.3) is 0 Å². The van der Waals surface area contributed by atoms with Crippen LogP contribution in [0.2, 0.25) is 0 Å². The monoisotopic (exact) mass is 170 g/mol. The first-order valence-electron chi connectivity index (χ1n) is 4.97. The molecule has 0 aliphatic rings. The molecule has 0 radical (unpaired) electrons. The minimum absolute atomic E-state index is 0.476. The molecule has 0 spiro atoms. The third kappa shape index (κ3) is 3.74. The van der Waals surface area contributed by atoms with E-state index in [0.717, 1.165) is 31.6 Å². The highest BCUT2D eigenvalue weighted by molar-refractivity contribution is 5.79. The number of nitrogens with one attached hydrogen (secondary N) is 1. The average molecular weight is 170 g/mol. The summed E-state index contributed by atoms with van der Waals surface area (Å²) >= 11 is 0. The molecule has 0 aromatic heterocycles. The number of rotatable bonds is 5. The van der Waals surface area contributed by atoms with Crippen LogP contribution in [-0.2, 0) is 0 Å². The van der Waals surface area contributed by atoms with E-state index < -0.39 is 0 Å². The lowest BCUT2D eigenvalue weighted by Gasteiger charge is -2.28. The maximum atomic E-state index is 7.81. The summed E-state index contributed by atoms with van der Waals surface area (Å²) < 4.78 is 0. The topological polar surface area (TPSA) is 27.1 Å². The minimum atomic E-state index is 0.476. The predicted octanol–water partition coefficient (Wildman–Crippen LogP) is 2.88. The minimum Gasteiger partial charge on any atom is -0.358 e. The Morgan fingerprint density at radius 1 is 1.25 bits per heavy atom. The second-order valence-electron chi connectivity index (χ2n) is 3.48. The van der Waals surface area contributed by atoms with Crippen LogP contribution in [-0.4, -0.2) is 23.3 Å². The van der Waals surface area contributed by atoms with Crippen molar-refractivity contribution in [2.24, 2.45) is 0 Å². The number of hydrogen-bond acceptors (Lipinski definition) is 1. The Kier molecular flexibility index (Phi) is 5.77. The molecule has 1 N–H and O–H groups in total. The van der Waals surface area contributed by atoms with Crippen molar-refractivity contribution in [1.82, 2.24) is 4.90 Å². The molecule has 0 aromatic carbocycles. The summed E-state index contributed by atoms with van der Waals surface area (Å²) in [5, 5.41) is 7.81. The van der Waals surface area contributed by atoms with E-state index in [2.05, 4.69) is 32.6 Å². The first-order valence-corrected chi connectivity index (χ1v) is 4.97. The zero-order valence-corrected chi connectivity index (χ0v) is 8.85. The Balaban J connectivity index is 4.00. The van der Waals surface area contributed by atoms with Gasteiger partial charge >= 0.3 is 0 Å². The van der Waals surface area contributed by atoms with E-state index in [0.29, 0.717) is 6.04 Å². The fourth-order valence-electron chi connectivity index (χ4n) is 1.33. The molecule has 2 heteroatoms. The van der Waals surface area contributed by atoms with E-state index in [-0.39, 0.29) is 0 Å². The summed E-state index contributed by atoms with van der Waals surface area (Å²) in [5.74, 6) is 0.800. The Labute approximate surface area is 76.5 Å². The summed E-state index contributed by atoms with van der Waals surface area (Å²) in [6.07, 6.45) is 3.12. The van der Waals surface area contributed by atoms with Gasteiger partial charge in [0, 0.05) is 19.0 Å². The normalized spacial score (nSPS) is 10.4. The lowest BCUT2D eigenvalue weighted by molar-refractivity contribution is 0.340. The molecule has 0 saturated heterocycles. The van der Waals surface area contributed by atoms with Crippen LogP contribution in [0.1, 0.15) is 47.0 Å². The standard InChI is InChI=1S/C10H22N2/c1-5-7-10(11)12(8-6-2)9(3)4/h9,11H,5-8H2,1-4H3. The van der Waals surface area contributed by atoms with E-state index in [1.807, 2.05) is 0 Å². The van der Waals surface area contributed by atoms with Gasteiger partial charge in [-0.2, -0.15) is 0 Å². The molecule has 0 rings (SSSR count). The smallest absolute Gasteiger partial charge is 0.0959 e. The SMILES string of the molecule is CCCC(=N)N(CCC)C(C)C. The van der Waals surface area contributed by atoms with Crippen molar-refractivity contribution in [2.45, 2.75) is 53.0 Å². The van der Waals surface area contributed by atoms with Gasteiger partial charge in [0.2, 0.25) is 0 Å². The molecule has 0 aromatic rings. The molecule has 0 heterocycles. The fraction of sp³-hybridized carbons (Fsp3) is 0.900. The first kappa shape index (κ1) is 11.5. The summed E-state index contributed by atoms with van der Waals surface area (Å²) in [6, 6.07) is 0.476. The quantitative estimate of drug-likeness (QED) is 0.498. The van der Waals surface area contributed by atoms with Gasteiger partial charge in [-0.15, -0.1) is 0 Å². The van der Waals surface area contributed by atoms with Gasteiger partial charge in [-0.3, -0.25) is 5.41 Å². The Morgan fingerprint density at radius 3 is 2.17 bits per heavy atom. The van der Waals surface area contributed by atoms with Crippen LogP contribution in [0.5, 0.6) is 0 Å². The van der Waals surface area contributed by atoms with Gasteiger partial charge in [0.25, 0.3) is 0 Å². The second-order valence-corrected chi connectivity index (χ2v) is 3.48. The number of nitrogens with zero attached hydrogens (tertiary/aromatic N) is 1. The van der Waals surface area contributed by atoms with Crippen LogP contribution in [0, 0.1) is 5.41 Å². The molecule has 0 aliphatic carbocycles. The van der Waals surface area contributed by atoms with E-state index in [9.17, 15) is 0 Å². The van der Waals surface area contributed by atoms with Crippen molar-refractivity contribution < 1.29 is 0 Å². The van der Waals surface area contributed by atoms with E-state index in [1.54, 1.807) is 0 Å². The van der Waals surface area contributed by atoms with Gasteiger partial charge in [0.05, 0.1) is 5.84 Å². The summed E-state index contributed by atoms with van der Waals surface area (Å²) in [6.45, 7) is 9.61. The zero-order valence-electron chi connectivity index (χ0n) is 8.85. The Morgan fingerprint density at radius 2 is 1.83 bits per heavy atom. The Hall–Kier alpha value is -0.530. The lowest BCUT2D eigenvalue weighted by atomic mass is 10.2. The molecule has 72 valence electrons. The highest BCUT2D eigenvalue weighted by Gasteiger charge is 2.10. The summed E-state index contributed by atoms with van der Waals surface area (Å²) in [4.78, 5) is 2.18. The molecule has 0 unspecified atom stereocenters. The van der Waals surface area contributed by atoms with Crippen molar-refractivity contribution in [3.63, 3.8) is 0 Å². The first-order chi connectivity index (χ1) is 5.63. The second kappa shape index (κ2) is 6.04. The van der Waals surface area contributed by atoms with Crippen LogP contribution in [0.4, 0.5) is 0 Å². The molecule has 0 atom stereocenters. The highest BCUT2D eigenvalue weighted by atomic mass is 15.2. The van der Waals surface area contributed by atoms with Crippen molar-refractivity contribution in [3.05, 3.63) is 0 Å². The zero-order chi connectivity index (χ0) is 9.56. The molecular weight excluding hydrogens is 148 g/mol. The summed E-state index contributed by atoms with van der Waals surface area (Å²) in [5.41, 5.74) is 0. The van der Waals surface area contributed by atoms with Crippen molar-refractivity contribution >= 4 is 5.84 Å². The molecule has 12 heavy (non-hydrogen) atoms. The van der Waals surface area contributed by atoms with Crippen molar-refractivity contribution in [2.75, 3.05) is 6.54 Å². The molecule has 0 amide bonds. The van der Waals surface area contributed by atoms with Gasteiger partial charge in [-0.1, -0.05) is 13.8 Å². The molecular formula is C10H22N2. The van der Waals surface area contributed by atoms with Crippen LogP contribution < -0.4 is 0 Å². The Bertz CT molecular complexity index is 130. The van der Waals surface area contributed by atoms with Gasteiger partial charge < -0.3 is 4.90 Å². The van der Waals surface area contributed by atoms with E-state index in [1.165, 1.54) is 0 Å². The number of amidine groups is 1. The predicted molar refractivity (Wildman–Crippen MR) is 54.8 cm³/mol. The third-order valence-electron chi connectivity index (χ3n) is 1.92. The third-order valence-corrected chi connectivity index (χ3v) is 1.92. The summed E-state index contributed by atoms with van der Waals surface area (Å²) in [7, 11) is 0. The highest BCUT2D eigenvalue weighted by Crippen LogP contribution is 2.04. The van der Waals surface area contributed by atoms with E-state index in [4.69, 9.17) is 5.41 Å². The molecule has 0 aliphatic heterocycles. The molecule has 0 fully saturated rings. The molecule has 0 saturated carbocycles. The van der Waals surface area contributed by atoms with Gasteiger partial charge in [0.15, 0.2) is 0 Å². The average Bonchev–Trinajstić information content (AvgIpc) is 1.99. The largest absolute Gasteiger partial charge is 0.358 e. The maximum absolute atomic E-state index is 7.81. The van der Waals surface area contributed by atoms with Crippen molar-refractivity contribution in [3.8, 4) is 0 Å². The van der Waals surface area contributed by atoms with Gasteiger partial charge in [-0.25, -0.2) is 0 Å². The number of hydrogen-bond donors (Lipinski definition) is 1. The molecule has 2 nitrogen and oxygen atoms in total. The van der Waals surface area contributed by atoms with Crippen LogP contribution in [0.3, 0.4) is 0 Å². The van der Waals surface area contributed by atoms with Crippen LogP contribution in [0.15, 0.2) is 0 Å². The van der Waals surface area contributed by atoms with Crippen molar-refractivity contribution in [1.29, 1.82) is 5.41 Å². The van der Waals surface area contributed by atoms with Gasteiger partial charge in [0.1, 0.15) is 0 Å². The van der Waals surface area contributed by atoms with Crippen LogP contribution >= 0.6 is 0 Å². The fourth-order valence-corrected chi connectivity index (χ4v) is 1.33. The maximum Gasteiger partial charge on any atom is 0.0959 e. The lowest BCUT2D eigenvalue weighted by Crippen LogP contribution is -2.36. The molecule has 0 bridgehead atoms. The van der Waals surface area contributed by atoms with Gasteiger partial charge in [-0.05, 0) is 26.7 Å². The van der Waals surface area contributed by atoms with E-state index >= 15 is 0 Å².